The van der Waals surface area contributed by atoms with Crippen LogP contribution in [0.2, 0.25) is 0 Å². The summed E-state index contributed by atoms with van der Waals surface area (Å²) in [6.07, 6.45) is -4.35. The Kier molecular flexibility index (Phi) is 3.28. The van der Waals surface area contributed by atoms with E-state index in [1.807, 2.05) is 54.6 Å². The number of benzene rings is 3. The Morgan fingerprint density at radius 1 is 0.704 bits per heavy atom. The molecule has 5 heteroatoms. The smallest absolute Gasteiger partial charge is 0.306 e. The van der Waals surface area contributed by atoms with Crippen molar-refractivity contribution >= 4 is 27.5 Å². The second-order valence-electron chi connectivity index (χ2n) is 6.45. The first-order chi connectivity index (χ1) is 13.0. The number of fused-ring (bicyclic) bond motifs is 5. The van der Waals surface area contributed by atoms with Crippen LogP contribution in [0.25, 0.3) is 38.7 Å². The second kappa shape index (κ2) is 5.58. The van der Waals surface area contributed by atoms with Gasteiger partial charge in [0.1, 0.15) is 0 Å². The van der Waals surface area contributed by atoms with Crippen LogP contribution in [-0.4, -0.2) is 9.38 Å². The number of rotatable bonds is 1. The Hall–Kier alpha value is -3.34. The molecular weight excluding hydrogens is 349 g/mol. The maximum Gasteiger partial charge on any atom is 0.416 e. The fourth-order valence-corrected chi connectivity index (χ4v) is 3.54. The van der Waals surface area contributed by atoms with Crippen LogP contribution in [0.1, 0.15) is 5.56 Å². The number of hydrogen-bond donors (Lipinski definition) is 0. The van der Waals surface area contributed by atoms with E-state index in [4.69, 9.17) is 4.98 Å². The van der Waals surface area contributed by atoms with Crippen LogP contribution in [0.5, 0.6) is 0 Å². The highest BCUT2D eigenvalue weighted by Crippen LogP contribution is 2.34. The predicted molar refractivity (Wildman–Crippen MR) is 101 cm³/mol. The zero-order valence-electron chi connectivity index (χ0n) is 14.0. The molecule has 2 aromatic heterocycles. The van der Waals surface area contributed by atoms with Gasteiger partial charge in [0, 0.05) is 10.9 Å². The summed E-state index contributed by atoms with van der Waals surface area (Å²) in [6, 6.07) is 23.0. The summed E-state index contributed by atoms with van der Waals surface area (Å²) >= 11 is 0. The molecule has 2 nitrogen and oxygen atoms in total. The number of halogens is 3. The van der Waals surface area contributed by atoms with Gasteiger partial charge in [-0.15, -0.1) is 0 Å². The minimum absolute atomic E-state index is 0.654. The molecule has 0 aliphatic rings. The van der Waals surface area contributed by atoms with Gasteiger partial charge in [-0.3, -0.25) is 0 Å². The fourth-order valence-electron chi connectivity index (χ4n) is 3.54. The number of nitrogens with zero attached hydrogens (tertiary/aromatic N) is 2. The molecule has 0 fully saturated rings. The van der Waals surface area contributed by atoms with Crippen LogP contribution < -0.4 is 0 Å². The van der Waals surface area contributed by atoms with Crippen LogP contribution >= 0.6 is 0 Å². The third-order valence-electron chi connectivity index (χ3n) is 4.79. The summed E-state index contributed by atoms with van der Waals surface area (Å²) in [5.74, 6) is 0. The molecule has 0 amide bonds. The molecule has 3 aromatic carbocycles. The van der Waals surface area contributed by atoms with Crippen LogP contribution in [0.15, 0.2) is 78.9 Å². The average Bonchev–Trinajstić information content (AvgIpc) is 3.07. The van der Waals surface area contributed by atoms with Gasteiger partial charge in [0.25, 0.3) is 0 Å². The topological polar surface area (TPSA) is 17.3 Å². The molecule has 0 spiro atoms. The summed E-state index contributed by atoms with van der Waals surface area (Å²) in [5, 5.41) is 1.06. The standard InChI is InChI=1S/C22H13F3N2/c23-22(24,25)16-11-9-14(10-12-16)21-20-13-15-5-1-3-7-18(15)27(20)19-8-4-2-6-17(19)26-21/h1-13H. The second-order valence-corrected chi connectivity index (χ2v) is 6.45. The van der Waals surface area contributed by atoms with E-state index in [-0.39, 0.29) is 0 Å². The van der Waals surface area contributed by atoms with Crippen molar-refractivity contribution < 1.29 is 13.2 Å². The minimum Gasteiger partial charge on any atom is -0.306 e. The lowest BCUT2D eigenvalue weighted by atomic mass is 10.1. The summed E-state index contributed by atoms with van der Waals surface area (Å²) in [6.45, 7) is 0. The van der Waals surface area contributed by atoms with Crippen LogP contribution in [0.3, 0.4) is 0 Å². The highest BCUT2D eigenvalue weighted by molar-refractivity contribution is 5.98. The predicted octanol–water partition coefficient (Wildman–Crippen LogP) is 6.33. The summed E-state index contributed by atoms with van der Waals surface area (Å²) in [4.78, 5) is 4.76. The van der Waals surface area contributed by atoms with Crippen molar-refractivity contribution in [2.75, 3.05) is 0 Å². The summed E-state index contributed by atoms with van der Waals surface area (Å²) in [5.41, 5.74) is 4.32. The molecule has 0 aliphatic heterocycles. The van der Waals surface area contributed by atoms with Crippen molar-refractivity contribution in [1.29, 1.82) is 0 Å². The SMILES string of the molecule is FC(F)(F)c1ccc(-c2nc3ccccc3n3c2cc2ccccc23)cc1. The highest BCUT2D eigenvalue weighted by atomic mass is 19.4. The van der Waals surface area contributed by atoms with Gasteiger partial charge in [-0.2, -0.15) is 13.2 Å². The van der Waals surface area contributed by atoms with E-state index >= 15 is 0 Å². The van der Waals surface area contributed by atoms with Crippen LogP contribution in [-0.2, 0) is 6.18 Å². The Labute approximate surface area is 152 Å². The molecule has 2 heterocycles. The van der Waals surface area contributed by atoms with E-state index in [9.17, 15) is 13.2 Å². The van der Waals surface area contributed by atoms with Gasteiger partial charge >= 0.3 is 6.18 Å². The molecule has 0 radical (unpaired) electrons. The minimum atomic E-state index is -4.35. The molecule has 0 aliphatic carbocycles. The normalized spacial score (nSPS) is 12.3. The van der Waals surface area contributed by atoms with Crippen molar-refractivity contribution in [3.05, 3.63) is 84.4 Å². The Morgan fingerprint density at radius 2 is 1.37 bits per heavy atom. The van der Waals surface area contributed by atoms with Gasteiger partial charge in [0.05, 0.1) is 33.3 Å². The van der Waals surface area contributed by atoms with E-state index in [1.54, 1.807) is 0 Å². The first kappa shape index (κ1) is 15.9. The number of alkyl halides is 3. The van der Waals surface area contributed by atoms with E-state index in [2.05, 4.69) is 4.40 Å². The first-order valence-electron chi connectivity index (χ1n) is 8.49. The van der Waals surface area contributed by atoms with E-state index < -0.39 is 11.7 Å². The zero-order valence-corrected chi connectivity index (χ0v) is 14.0. The van der Waals surface area contributed by atoms with Gasteiger partial charge in [-0.1, -0.05) is 42.5 Å². The molecular formula is C22H13F3N2. The van der Waals surface area contributed by atoms with Crippen molar-refractivity contribution in [2.45, 2.75) is 6.18 Å². The van der Waals surface area contributed by atoms with Gasteiger partial charge in [0.15, 0.2) is 0 Å². The average molecular weight is 362 g/mol. The number of aromatic nitrogens is 2. The zero-order chi connectivity index (χ0) is 18.6. The lowest BCUT2D eigenvalue weighted by Crippen LogP contribution is -2.04. The lowest BCUT2D eigenvalue weighted by molar-refractivity contribution is -0.137. The van der Waals surface area contributed by atoms with Crippen molar-refractivity contribution in [2.24, 2.45) is 0 Å². The van der Waals surface area contributed by atoms with Crippen LogP contribution in [0, 0.1) is 0 Å². The molecule has 27 heavy (non-hydrogen) atoms. The Morgan fingerprint density at radius 3 is 2.11 bits per heavy atom. The quantitative estimate of drug-likeness (QED) is 0.341. The monoisotopic (exact) mass is 362 g/mol. The van der Waals surface area contributed by atoms with Gasteiger partial charge in [-0.05, 0) is 36.4 Å². The van der Waals surface area contributed by atoms with Crippen molar-refractivity contribution in [3.63, 3.8) is 0 Å². The Balaban J connectivity index is 1.86. The molecule has 0 N–H and O–H groups in total. The largest absolute Gasteiger partial charge is 0.416 e. The van der Waals surface area contributed by atoms with Crippen molar-refractivity contribution in [3.8, 4) is 11.3 Å². The molecule has 0 saturated heterocycles. The number of hydrogen-bond acceptors (Lipinski definition) is 1. The van der Waals surface area contributed by atoms with E-state index in [0.29, 0.717) is 11.3 Å². The Bertz CT molecular complexity index is 1300. The van der Waals surface area contributed by atoms with Gasteiger partial charge in [-0.25, -0.2) is 4.98 Å². The van der Waals surface area contributed by atoms with E-state index in [1.165, 1.54) is 12.1 Å². The van der Waals surface area contributed by atoms with Gasteiger partial charge < -0.3 is 4.40 Å². The third-order valence-corrected chi connectivity index (χ3v) is 4.79. The third kappa shape index (κ3) is 2.46. The molecule has 0 saturated carbocycles. The molecule has 5 aromatic rings. The lowest BCUT2D eigenvalue weighted by Gasteiger charge is -2.11. The molecule has 0 bridgehead atoms. The molecule has 0 atom stereocenters. The first-order valence-corrected chi connectivity index (χ1v) is 8.49. The maximum atomic E-state index is 12.9. The molecule has 132 valence electrons. The van der Waals surface area contributed by atoms with Gasteiger partial charge in [0.2, 0.25) is 0 Å². The molecule has 5 rings (SSSR count). The van der Waals surface area contributed by atoms with Crippen LogP contribution in [0.4, 0.5) is 13.2 Å². The fraction of sp³-hybridized carbons (Fsp3) is 0.0455. The van der Waals surface area contributed by atoms with Crippen molar-refractivity contribution in [1.82, 2.24) is 9.38 Å². The summed E-state index contributed by atoms with van der Waals surface area (Å²) in [7, 11) is 0. The molecule has 0 unspecified atom stereocenters. The summed E-state index contributed by atoms with van der Waals surface area (Å²) < 4.78 is 40.8. The maximum absolute atomic E-state index is 12.9. The number of para-hydroxylation sites is 3. The highest BCUT2D eigenvalue weighted by Gasteiger charge is 2.30. The van der Waals surface area contributed by atoms with E-state index in [0.717, 1.165) is 39.6 Å².